The highest BCUT2D eigenvalue weighted by Crippen LogP contribution is 2.40. The van der Waals surface area contributed by atoms with E-state index in [-0.39, 0.29) is 0 Å². The molecule has 0 aliphatic carbocycles. The van der Waals surface area contributed by atoms with E-state index >= 15 is 0 Å². The van der Waals surface area contributed by atoms with E-state index in [0.717, 1.165) is 0 Å². The molecule has 4 nitrogen and oxygen atoms in total. The number of aliphatic hydroxyl groups is 1. The van der Waals surface area contributed by atoms with Crippen molar-refractivity contribution in [3.63, 3.8) is 0 Å². The average Bonchev–Trinajstić information content (AvgIpc) is 2.74. The molecule has 0 spiro atoms. The van der Waals surface area contributed by atoms with Gasteiger partial charge in [-0.05, 0) is 0 Å². The molecule has 3 rings (SSSR count). The van der Waals surface area contributed by atoms with Gasteiger partial charge < -0.3 is 9.84 Å². The standard InChI is InChI=1S/C16H12O4/c17-13-14(18)16(20-15(13)19,11-7-3-1-4-8-11)12-9-5-2-6-10-12/h1-10,13,17H. The lowest BCUT2D eigenvalue weighted by molar-refractivity contribution is -0.151. The van der Waals surface area contributed by atoms with Crippen LogP contribution in [0.1, 0.15) is 11.1 Å². The van der Waals surface area contributed by atoms with E-state index in [9.17, 15) is 14.7 Å². The van der Waals surface area contributed by atoms with Gasteiger partial charge in [-0.25, -0.2) is 4.79 Å². The van der Waals surface area contributed by atoms with Gasteiger partial charge >= 0.3 is 5.97 Å². The first kappa shape index (κ1) is 12.6. The van der Waals surface area contributed by atoms with Crippen LogP contribution in [0.25, 0.3) is 0 Å². The molecule has 0 amide bonds. The zero-order valence-electron chi connectivity index (χ0n) is 10.5. The summed E-state index contributed by atoms with van der Waals surface area (Å²) in [5.74, 6) is -1.57. The minimum atomic E-state index is -1.74. The van der Waals surface area contributed by atoms with Crippen molar-refractivity contribution >= 4 is 11.8 Å². The summed E-state index contributed by atoms with van der Waals surface area (Å²) in [5, 5.41) is 9.70. The SMILES string of the molecule is O=C1OC(c2ccccc2)(c2ccccc2)C(=O)C1O. The topological polar surface area (TPSA) is 63.6 Å². The molecule has 1 N–H and O–H groups in total. The molecular weight excluding hydrogens is 256 g/mol. The summed E-state index contributed by atoms with van der Waals surface area (Å²) in [5.41, 5.74) is -0.499. The number of hydrogen-bond donors (Lipinski definition) is 1. The number of esters is 1. The Morgan fingerprint density at radius 2 is 1.30 bits per heavy atom. The van der Waals surface area contributed by atoms with E-state index in [4.69, 9.17) is 4.74 Å². The highest BCUT2D eigenvalue weighted by atomic mass is 16.6. The highest BCUT2D eigenvalue weighted by molar-refractivity contribution is 6.13. The number of benzene rings is 2. The van der Waals surface area contributed by atoms with Gasteiger partial charge in [0, 0.05) is 11.1 Å². The Bertz CT molecular complexity index is 609. The van der Waals surface area contributed by atoms with Gasteiger partial charge in [0.25, 0.3) is 0 Å². The van der Waals surface area contributed by atoms with Crippen LogP contribution in [0, 0.1) is 0 Å². The monoisotopic (exact) mass is 268 g/mol. The van der Waals surface area contributed by atoms with Crippen molar-refractivity contribution in [1.29, 1.82) is 0 Å². The number of aliphatic hydroxyl groups excluding tert-OH is 1. The van der Waals surface area contributed by atoms with Crippen molar-refractivity contribution in [2.45, 2.75) is 11.7 Å². The molecule has 1 fully saturated rings. The summed E-state index contributed by atoms with van der Waals surface area (Å²) < 4.78 is 5.31. The van der Waals surface area contributed by atoms with E-state index in [1.54, 1.807) is 60.7 Å². The molecule has 2 aromatic carbocycles. The molecule has 4 heteroatoms. The minimum Gasteiger partial charge on any atom is -0.439 e. The molecule has 0 saturated carbocycles. The number of hydrogen-bond acceptors (Lipinski definition) is 4. The van der Waals surface area contributed by atoms with E-state index in [1.807, 2.05) is 0 Å². The molecule has 1 aliphatic rings. The van der Waals surface area contributed by atoms with Crippen LogP contribution in [0.15, 0.2) is 60.7 Å². The summed E-state index contributed by atoms with van der Waals surface area (Å²) in [6, 6.07) is 17.5. The van der Waals surface area contributed by atoms with Gasteiger partial charge in [0.2, 0.25) is 17.5 Å². The Labute approximate surface area is 115 Å². The van der Waals surface area contributed by atoms with Gasteiger partial charge in [-0.3, -0.25) is 4.79 Å². The lowest BCUT2D eigenvalue weighted by Gasteiger charge is -2.26. The number of carbonyl (C=O) groups is 2. The molecule has 1 atom stereocenters. The van der Waals surface area contributed by atoms with Gasteiger partial charge in [-0.15, -0.1) is 0 Å². The summed E-state index contributed by atoms with van der Waals surface area (Å²) in [6.45, 7) is 0. The minimum absolute atomic E-state index is 0.529. The number of ether oxygens (including phenoxy) is 1. The van der Waals surface area contributed by atoms with Gasteiger partial charge in [0.05, 0.1) is 0 Å². The number of cyclic esters (lactones) is 1. The average molecular weight is 268 g/mol. The number of Topliss-reactive ketones (excluding diaryl/α,β-unsaturated/α-hetero) is 1. The van der Waals surface area contributed by atoms with Crippen LogP contribution in [0.2, 0.25) is 0 Å². The Balaban J connectivity index is 2.25. The van der Waals surface area contributed by atoms with Gasteiger partial charge in [0.1, 0.15) is 0 Å². The zero-order chi connectivity index (χ0) is 14.2. The molecule has 0 radical (unpaired) electrons. The predicted octanol–water partition coefficient (Wildman–Crippen LogP) is 1.42. The molecule has 1 saturated heterocycles. The molecule has 0 bridgehead atoms. The van der Waals surface area contributed by atoms with Crippen molar-refractivity contribution in [1.82, 2.24) is 0 Å². The third-order valence-electron chi connectivity index (χ3n) is 3.43. The number of rotatable bonds is 2. The third kappa shape index (κ3) is 1.66. The van der Waals surface area contributed by atoms with Gasteiger partial charge in [0.15, 0.2) is 0 Å². The normalized spacial score (nSPS) is 20.8. The molecule has 1 aliphatic heterocycles. The molecule has 1 heterocycles. The zero-order valence-corrected chi connectivity index (χ0v) is 10.5. The molecule has 2 aromatic rings. The second-order valence-corrected chi connectivity index (χ2v) is 4.60. The van der Waals surface area contributed by atoms with Crippen LogP contribution >= 0.6 is 0 Å². The maximum Gasteiger partial charge on any atom is 0.344 e. The van der Waals surface area contributed by atoms with E-state index < -0.39 is 23.5 Å². The van der Waals surface area contributed by atoms with Crippen LogP contribution in [-0.4, -0.2) is 23.0 Å². The largest absolute Gasteiger partial charge is 0.439 e. The van der Waals surface area contributed by atoms with Crippen LogP contribution in [0.3, 0.4) is 0 Å². The Kier molecular flexibility index (Phi) is 2.88. The fourth-order valence-corrected chi connectivity index (χ4v) is 2.47. The van der Waals surface area contributed by atoms with Crippen molar-refractivity contribution in [2.75, 3.05) is 0 Å². The third-order valence-corrected chi connectivity index (χ3v) is 3.43. The van der Waals surface area contributed by atoms with Crippen LogP contribution < -0.4 is 0 Å². The summed E-state index contributed by atoms with van der Waals surface area (Å²) in [7, 11) is 0. The molecule has 1 unspecified atom stereocenters. The van der Waals surface area contributed by atoms with E-state index in [2.05, 4.69) is 0 Å². The van der Waals surface area contributed by atoms with Gasteiger partial charge in [-0.1, -0.05) is 60.7 Å². The Hall–Kier alpha value is -2.46. The first-order valence-corrected chi connectivity index (χ1v) is 6.22. The fraction of sp³-hybridized carbons (Fsp3) is 0.125. The second-order valence-electron chi connectivity index (χ2n) is 4.60. The summed E-state index contributed by atoms with van der Waals surface area (Å²) >= 11 is 0. The quantitative estimate of drug-likeness (QED) is 0.661. The van der Waals surface area contributed by atoms with E-state index in [0.29, 0.717) is 11.1 Å². The highest BCUT2D eigenvalue weighted by Gasteiger charge is 2.57. The van der Waals surface area contributed by atoms with E-state index in [1.165, 1.54) is 0 Å². The number of carbonyl (C=O) groups excluding carboxylic acids is 2. The smallest absolute Gasteiger partial charge is 0.344 e. The lowest BCUT2D eigenvalue weighted by atomic mass is 9.82. The second kappa shape index (κ2) is 4.58. The Morgan fingerprint density at radius 1 is 0.850 bits per heavy atom. The molecule has 100 valence electrons. The van der Waals surface area contributed by atoms with Crippen LogP contribution in [0.4, 0.5) is 0 Å². The fourth-order valence-electron chi connectivity index (χ4n) is 2.47. The first-order valence-electron chi connectivity index (χ1n) is 6.22. The van der Waals surface area contributed by atoms with Crippen molar-refractivity contribution < 1.29 is 19.4 Å². The first-order chi connectivity index (χ1) is 9.66. The maximum absolute atomic E-state index is 12.4. The number of ketones is 1. The summed E-state index contributed by atoms with van der Waals surface area (Å²) in [6.07, 6.45) is -1.74. The molecular formula is C16H12O4. The Morgan fingerprint density at radius 3 is 1.65 bits per heavy atom. The van der Waals surface area contributed by atoms with Crippen LogP contribution in [-0.2, 0) is 19.9 Å². The molecule has 20 heavy (non-hydrogen) atoms. The lowest BCUT2D eigenvalue weighted by Crippen LogP contribution is -2.37. The summed E-state index contributed by atoms with van der Waals surface area (Å²) in [4.78, 5) is 24.1. The van der Waals surface area contributed by atoms with Crippen LogP contribution in [0.5, 0.6) is 0 Å². The van der Waals surface area contributed by atoms with Crippen molar-refractivity contribution in [3.05, 3.63) is 71.8 Å². The van der Waals surface area contributed by atoms with Gasteiger partial charge in [-0.2, -0.15) is 0 Å². The maximum atomic E-state index is 12.4. The predicted molar refractivity (Wildman–Crippen MR) is 70.8 cm³/mol. The molecule has 0 aromatic heterocycles. The van der Waals surface area contributed by atoms with Crippen molar-refractivity contribution in [3.8, 4) is 0 Å². The van der Waals surface area contributed by atoms with Crippen molar-refractivity contribution in [2.24, 2.45) is 0 Å².